The van der Waals surface area contributed by atoms with Gasteiger partial charge in [0.15, 0.2) is 0 Å². The fourth-order valence-corrected chi connectivity index (χ4v) is 3.57. The predicted molar refractivity (Wildman–Crippen MR) is 82.9 cm³/mol. The Morgan fingerprint density at radius 1 is 1.25 bits per heavy atom. The van der Waals surface area contributed by atoms with Gasteiger partial charge in [0, 0.05) is 6.54 Å². The molecule has 0 saturated heterocycles. The second-order valence-electron chi connectivity index (χ2n) is 6.16. The Bertz CT molecular complexity index is 325. The Hall–Kier alpha value is -0.710. The minimum absolute atomic E-state index is 0.0371. The Kier molecular flexibility index (Phi) is 7.41. The first-order valence-corrected chi connectivity index (χ1v) is 8.69. The van der Waals surface area contributed by atoms with Gasteiger partial charge in [-0.3, -0.25) is 9.59 Å². The summed E-state index contributed by atoms with van der Waals surface area (Å²) in [4.78, 5) is 23.2. The molecular weight excluding hydrogens is 274 g/mol. The van der Waals surface area contributed by atoms with Crippen LogP contribution in [0.15, 0.2) is 0 Å². The minimum Gasteiger partial charge on any atom is -0.481 e. The maximum atomic E-state index is 11.8. The summed E-state index contributed by atoms with van der Waals surface area (Å²) < 4.78 is 0. The first kappa shape index (κ1) is 17.3. The van der Waals surface area contributed by atoms with E-state index in [1.165, 1.54) is 0 Å². The number of aliphatic carboxylic acids is 1. The van der Waals surface area contributed by atoms with Gasteiger partial charge in [-0.2, -0.15) is 11.8 Å². The molecular formula is C15H27NO3S. The fraction of sp³-hybridized carbons (Fsp3) is 0.867. The van der Waals surface area contributed by atoms with Crippen molar-refractivity contribution in [1.82, 2.24) is 5.32 Å². The number of thioether (sulfide) groups is 1. The van der Waals surface area contributed by atoms with Crippen molar-refractivity contribution < 1.29 is 14.7 Å². The number of nitrogens with one attached hydrogen (secondary N) is 1. The van der Waals surface area contributed by atoms with E-state index in [4.69, 9.17) is 0 Å². The van der Waals surface area contributed by atoms with Gasteiger partial charge < -0.3 is 10.4 Å². The van der Waals surface area contributed by atoms with Crippen LogP contribution in [0.4, 0.5) is 0 Å². The molecule has 0 aromatic carbocycles. The van der Waals surface area contributed by atoms with Crippen molar-refractivity contribution in [3.63, 3.8) is 0 Å². The Balaban J connectivity index is 2.29. The van der Waals surface area contributed by atoms with Crippen molar-refractivity contribution in [2.45, 2.75) is 52.4 Å². The van der Waals surface area contributed by atoms with Gasteiger partial charge >= 0.3 is 5.97 Å². The molecule has 1 rings (SSSR count). The number of amides is 1. The van der Waals surface area contributed by atoms with Crippen molar-refractivity contribution in [1.29, 1.82) is 0 Å². The van der Waals surface area contributed by atoms with E-state index in [0.717, 1.165) is 31.4 Å². The molecule has 0 aromatic heterocycles. The summed E-state index contributed by atoms with van der Waals surface area (Å²) in [6, 6.07) is 0. The molecule has 0 heterocycles. The van der Waals surface area contributed by atoms with E-state index in [2.05, 4.69) is 19.2 Å². The largest absolute Gasteiger partial charge is 0.481 e. The van der Waals surface area contributed by atoms with Crippen LogP contribution in [0.25, 0.3) is 0 Å². The van der Waals surface area contributed by atoms with Crippen LogP contribution in [0.3, 0.4) is 0 Å². The van der Waals surface area contributed by atoms with Gasteiger partial charge in [0.1, 0.15) is 0 Å². The predicted octanol–water partition coefficient (Wildman–Crippen LogP) is 2.92. The van der Waals surface area contributed by atoms with Crippen molar-refractivity contribution in [3.8, 4) is 0 Å². The molecule has 0 aromatic rings. The quantitative estimate of drug-likeness (QED) is 0.677. The molecule has 1 amide bonds. The molecule has 1 fully saturated rings. The molecule has 4 nitrogen and oxygen atoms in total. The molecule has 1 saturated carbocycles. The van der Waals surface area contributed by atoms with Crippen molar-refractivity contribution in [3.05, 3.63) is 0 Å². The molecule has 116 valence electrons. The third-order valence-corrected chi connectivity index (χ3v) is 4.95. The average Bonchev–Trinajstić information content (AvgIpc) is 2.42. The van der Waals surface area contributed by atoms with Gasteiger partial charge in [0.05, 0.1) is 11.2 Å². The summed E-state index contributed by atoms with van der Waals surface area (Å²) in [5.74, 6) is 1.27. The normalized spacial score (nSPS) is 17.9. The van der Waals surface area contributed by atoms with Crippen LogP contribution in [0.5, 0.6) is 0 Å². The second-order valence-corrected chi connectivity index (χ2v) is 7.26. The molecule has 0 spiro atoms. The molecule has 20 heavy (non-hydrogen) atoms. The first-order valence-electron chi connectivity index (χ1n) is 7.54. The van der Waals surface area contributed by atoms with Crippen LogP contribution in [-0.4, -0.2) is 35.0 Å². The Morgan fingerprint density at radius 3 is 2.45 bits per heavy atom. The topological polar surface area (TPSA) is 66.4 Å². The highest BCUT2D eigenvalue weighted by atomic mass is 32.2. The van der Waals surface area contributed by atoms with E-state index in [-0.39, 0.29) is 12.5 Å². The molecule has 1 aliphatic rings. The second kappa shape index (κ2) is 8.55. The zero-order valence-corrected chi connectivity index (χ0v) is 13.4. The van der Waals surface area contributed by atoms with Crippen LogP contribution in [0, 0.1) is 11.3 Å². The lowest BCUT2D eigenvalue weighted by molar-refractivity contribution is -0.150. The SMILES string of the molecule is CC(C)CCSCC(=O)NCC1(C(=O)O)CCCCC1. The maximum Gasteiger partial charge on any atom is 0.311 e. The van der Waals surface area contributed by atoms with Gasteiger partial charge in [-0.25, -0.2) is 0 Å². The molecule has 1 aliphatic carbocycles. The number of rotatable bonds is 8. The van der Waals surface area contributed by atoms with Crippen LogP contribution in [-0.2, 0) is 9.59 Å². The number of carboxylic acids is 1. The van der Waals surface area contributed by atoms with Gasteiger partial charge in [-0.05, 0) is 30.9 Å². The van der Waals surface area contributed by atoms with E-state index in [1.54, 1.807) is 11.8 Å². The zero-order chi connectivity index (χ0) is 15.0. The lowest BCUT2D eigenvalue weighted by atomic mass is 9.74. The highest BCUT2D eigenvalue weighted by Gasteiger charge is 2.39. The summed E-state index contributed by atoms with van der Waals surface area (Å²) in [5, 5.41) is 12.2. The van der Waals surface area contributed by atoms with Gasteiger partial charge in [-0.1, -0.05) is 33.1 Å². The molecule has 2 N–H and O–H groups in total. The standard InChI is InChI=1S/C15H27NO3S/c1-12(2)6-9-20-10-13(17)16-11-15(14(18)19)7-4-3-5-8-15/h12H,3-11H2,1-2H3,(H,16,17)(H,18,19). The van der Waals surface area contributed by atoms with Crippen LogP contribution in [0.1, 0.15) is 52.4 Å². The van der Waals surface area contributed by atoms with E-state index >= 15 is 0 Å². The van der Waals surface area contributed by atoms with Gasteiger partial charge in [-0.15, -0.1) is 0 Å². The lowest BCUT2D eigenvalue weighted by Gasteiger charge is -2.33. The third kappa shape index (κ3) is 5.73. The summed E-state index contributed by atoms with van der Waals surface area (Å²) in [6.45, 7) is 4.62. The zero-order valence-electron chi connectivity index (χ0n) is 12.6. The molecule has 0 atom stereocenters. The van der Waals surface area contributed by atoms with Crippen LogP contribution in [0.2, 0.25) is 0 Å². The fourth-order valence-electron chi connectivity index (χ4n) is 2.50. The monoisotopic (exact) mass is 301 g/mol. The number of carbonyl (C=O) groups excluding carboxylic acids is 1. The number of carbonyl (C=O) groups is 2. The van der Waals surface area contributed by atoms with Gasteiger partial charge in [0.2, 0.25) is 5.91 Å². The average molecular weight is 301 g/mol. The molecule has 5 heteroatoms. The smallest absolute Gasteiger partial charge is 0.311 e. The number of carboxylic acid groups (broad SMARTS) is 1. The van der Waals surface area contributed by atoms with E-state index in [9.17, 15) is 14.7 Å². The molecule has 0 radical (unpaired) electrons. The van der Waals surface area contributed by atoms with E-state index in [1.807, 2.05) is 0 Å². The molecule has 0 unspecified atom stereocenters. The van der Waals surface area contributed by atoms with Gasteiger partial charge in [0.25, 0.3) is 0 Å². The lowest BCUT2D eigenvalue weighted by Crippen LogP contribution is -2.44. The highest BCUT2D eigenvalue weighted by Crippen LogP contribution is 2.35. The van der Waals surface area contributed by atoms with Crippen LogP contribution < -0.4 is 5.32 Å². The molecule has 0 bridgehead atoms. The van der Waals surface area contributed by atoms with Crippen molar-refractivity contribution in [2.75, 3.05) is 18.1 Å². The molecule has 0 aliphatic heterocycles. The summed E-state index contributed by atoms with van der Waals surface area (Å²) in [5.41, 5.74) is -0.726. The third-order valence-electron chi connectivity index (χ3n) is 3.96. The Labute approximate surface area is 126 Å². The van der Waals surface area contributed by atoms with Crippen molar-refractivity contribution >= 4 is 23.6 Å². The summed E-state index contributed by atoms with van der Waals surface area (Å²) in [7, 11) is 0. The van der Waals surface area contributed by atoms with Crippen LogP contribution >= 0.6 is 11.8 Å². The van der Waals surface area contributed by atoms with E-state index in [0.29, 0.717) is 24.5 Å². The van der Waals surface area contributed by atoms with Crippen molar-refractivity contribution in [2.24, 2.45) is 11.3 Å². The summed E-state index contributed by atoms with van der Waals surface area (Å²) in [6.07, 6.45) is 5.48. The first-order chi connectivity index (χ1) is 9.46. The highest BCUT2D eigenvalue weighted by molar-refractivity contribution is 7.99. The van der Waals surface area contributed by atoms with E-state index < -0.39 is 11.4 Å². The number of hydrogen-bond donors (Lipinski definition) is 2. The summed E-state index contributed by atoms with van der Waals surface area (Å²) >= 11 is 1.62. The number of hydrogen-bond acceptors (Lipinski definition) is 3. The Morgan fingerprint density at radius 2 is 1.90 bits per heavy atom. The maximum absolute atomic E-state index is 11.8. The minimum atomic E-state index is -0.759.